The molecule has 1 amide bonds. The fourth-order valence-corrected chi connectivity index (χ4v) is 3.62. The molecule has 2 heterocycles. The van der Waals surface area contributed by atoms with E-state index in [0.717, 1.165) is 16.3 Å². The van der Waals surface area contributed by atoms with E-state index in [1.165, 1.54) is 11.3 Å². The van der Waals surface area contributed by atoms with Gasteiger partial charge in [0.15, 0.2) is 0 Å². The van der Waals surface area contributed by atoms with Crippen molar-refractivity contribution in [1.82, 2.24) is 9.88 Å². The summed E-state index contributed by atoms with van der Waals surface area (Å²) in [5.41, 5.74) is 1.75. The molecule has 0 radical (unpaired) electrons. The van der Waals surface area contributed by atoms with Crippen LogP contribution in [0, 0.1) is 6.92 Å². The van der Waals surface area contributed by atoms with E-state index in [-0.39, 0.29) is 12.3 Å². The number of aryl methyl sites for hydroxylation is 1. The Kier molecular flexibility index (Phi) is 5.08. The largest absolute Gasteiger partial charge is 0.481 e. The van der Waals surface area contributed by atoms with Gasteiger partial charge < -0.3 is 10.0 Å². The van der Waals surface area contributed by atoms with Gasteiger partial charge in [-0.25, -0.2) is 4.98 Å². The van der Waals surface area contributed by atoms with Crippen LogP contribution in [0.1, 0.15) is 28.2 Å². The quantitative estimate of drug-likeness (QED) is 0.886. The van der Waals surface area contributed by atoms with Gasteiger partial charge in [0.05, 0.1) is 5.69 Å². The summed E-state index contributed by atoms with van der Waals surface area (Å²) in [7, 11) is 1.69. The van der Waals surface area contributed by atoms with Crippen molar-refractivity contribution >= 4 is 34.6 Å². The summed E-state index contributed by atoms with van der Waals surface area (Å²) in [6.07, 6.45) is 0.520. The Balaban J connectivity index is 2.07. The number of rotatable bonds is 6. The number of aliphatic carboxylic acids is 1. The van der Waals surface area contributed by atoms with Crippen LogP contribution in [0.3, 0.4) is 0 Å². The Morgan fingerprint density at radius 1 is 1.43 bits per heavy atom. The summed E-state index contributed by atoms with van der Waals surface area (Å²) in [6.45, 7) is 2.25. The number of aromatic nitrogens is 1. The highest BCUT2D eigenvalue weighted by Gasteiger charge is 2.19. The van der Waals surface area contributed by atoms with Crippen LogP contribution in [0.4, 0.5) is 0 Å². The van der Waals surface area contributed by atoms with Crippen LogP contribution in [0.2, 0.25) is 0 Å². The fourth-order valence-electron chi connectivity index (χ4n) is 1.85. The van der Waals surface area contributed by atoms with Crippen LogP contribution in [-0.2, 0) is 4.79 Å². The Morgan fingerprint density at radius 3 is 2.81 bits per heavy atom. The number of hydrogen-bond donors (Lipinski definition) is 1. The number of thiophene rings is 1. The molecule has 21 heavy (non-hydrogen) atoms. The monoisotopic (exact) mass is 324 g/mol. The van der Waals surface area contributed by atoms with Crippen molar-refractivity contribution in [3.05, 3.63) is 27.4 Å². The van der Waals surface area contributed by atoms with E-state index in [0.29, 0.717) is 17.8 Å². The lowest BCUT2D eigenvalue weighted by Crippen LogP contribution is -2.27. The summed E-state index contributed by atoms with van der Waals surface area (Å²) < 4.78 is 0. The van der Waals surface area contributed by atoms with Crippen molar-refractivity contribution in [2.45, 2.75) is 19.8 Å². The van der Waals surface area contributed by atoms with Gasteiger partial charge in [-0.05, 0) is 24.8 Å². The van der Waals surface area contributed by atoms with E-state index < -0.39 is 5.97 Å². The molecule has 0 bridgehead atoms. The van der Waals surface area contributed by atoms with E-state index >= 15 is 0 Å². The number of carboxylic acid groups (broad SMARTS) is 1. The van der Waals surface area contributed by atoms with Gasteiger partial charge in [0.1, 0.15) is 9.88 Å². The van der Waals surface area contributed by atoms with Gasteiger partial charge in [-0.2, -0.15) is 11.3 Å². The Labute approximate surface area is 130 Å². The molecule has 0 aromatic carbocycles. The number of hydrogen-bond acceptors (Lipinski definition) is 5. The molecule has 0 saturated heterocycles. The maximum atomic E-state index is 12.4. The van der Waals surface area contributed by atoms with Gasteiger partial charge in [-0.15, -0.1) is 11.3 Å². The molecule has 7 heteroatoms. The lowest BCUT2D eigenvalue weighted by Gasteiger charge is -2.15. The highest BCUT2D eigenvalue weighted by Crippen LogP contribution is 2.30. The maximum Gasteiger partial charge on any atom is 0.303 e. The number of thiazole rings is 1. The SMILES string of the molecule is Cc1nc(-c2ccsc2)sc1C(=O)N(C)CCCC(=O)O. The first-order chi connectivity index (χ1) is 9.99. The summed E-state index contributed by atoms with van der Waals surface area (Å²) in [5, 5.41) is 13.4. The van der Waals surface area contributed by atoms with Crippen molar-refractivity contribution in [2.24, 2.45) is 0 Å². The zero-order valence-electron chi connectivity index (χ0n) is 11.8. The molecule has 1 N–H and O–H groups in total. The van der Waals surface area contributed by atoms with E-state index in [1.807, 2.05) is 23.8 Å². The van der Waals surface area contributed by atoms with Gasteiger partial charge in [-0.1, -0.05) is 0 Å². The van der Waals surface area contributed by atoms with Crippen LogP contribution in [0.25, 0.3) is 10.6 Å². The van der Waals surface area contributed by atoms with Crippen LogP contribution >= 0.6 is 22.7 Å². The van der Waals surface area contributed by atoms with E-state index in [9.17, 15) is 9.59 Å². The number of nitrogens with zero attached hydrogens (tertiary/aromatic N) is 2. The zero-order chi connectivity index (χ0) is 15.4. The molecule has 112 valence electrons. The molecule has 0 aliphatic heterocycles. The minimum atomic E-state index is -0.843. The normalized spacial score (nSPS) is 10.6. The Hall–Kier alpha value is -1.73. The maximum absolute atomic E-state index is 12.4. The third-order valence-corrected chi connectivity index (χ3v) is 4.87. The Bertz CT molecular complexity index is 635. The van der Waals surface area contributed by atoms with Gasteiger partial charge >= 0.3 is 5.97 Å². The summed E-state index contributed by atoms with van der Waals surface area (Å²) in [5.74, 6) is -0.943. The average Bonchev–Trinajstić information content (AvgIpc) is 3.06. The molecular weight excluding hydrogens is 308 g/mol. The second-order valence-electron chi connectivity index (χ2n) is 4.67. The van der Waals surface area contributed by atoms with Gasteiger partial charge in [-0.3, -0.25) is 9.59 Å². The second kappa shape index (κ2) is 6.82. The van der Waals surface area contributed by atoms with Gasteiger partial charge in [0.25, 0.3) is 5.91 Å². The molecule has 0 saturated carbocycles. The van der Waals surface area contributed by atoms with Crippen LogP contribution in [0.15, 0.2) is 16.8 Å². The fraction of sp³-hybridized carbons (Fsp3) is 0.357. The zero-order valence-corrected chi connectivity index (χ0v) is 13.5. The summed E-state index contributed by atoms with van der Waals surface area (Å²) in [4.78, 5) is 29.5. The van der Waals surface area contributed by atoms with Crippen LogP contribution in [0.5, 0.6) is 0 Å². The van der Waals surface area contributed by atoms with Crippen molar-refractivity contribution < 1.29 is 14.7 Å². The summed E-state index contributed by atoms with van der Waals surface area (Å²) in [6, 6.07) is 1.98. The number of carbonyl (C=O) groups is 2. The minimum absolute atomic E-state index is 0.0689. The van der Waals surface area contributed by atoms with Crippen LogP contribution < -0.4 is 0 Å². The highest BCUT2D eigenvalue weighted by molar-refractivity contribution is 7.17. The molecule has 0 spiro atoms. The standard InChI is InChI=1S/C14H16N2O3S2/c1-9-12(14(19)16(2)6-3-4-11(17)18)21-13(15-9)10-5-7-20-8-10/h5,7-8H,3-4,6H2,1-2H3,(H,17,18). The lowest BCUT2D eigenvalue weighted by molar-refractivity contribution is -0.137. The number of amides is 1. The first-order valence-corrected chi connectivity index (χ1v) is 8.22. The van der Waals surface area contributed by atoms with Crippen molar-refractivity contribution in [1.29, 1.82) is 0 Å². The third kappa shape index (κ3) is 3.89. The molecule has 5 nitrogen and oxygen atoms in total. The minimum Gasteiger partial charge on any atom is -0.481 e. The molecule has 0 atom stereocenters. The Morgan fingerprint density at radius 2 is 2.19 bits per heavy atom. The van der Waals surface area contributed by atoms with Crippen molar-refractivity contribution in [3.8, 4) is 10.6 Å². The molecule has 2 aromatic heterocycles. The van der Waals surface area contributed by atoms with Gasteiger partial charge in [0.2, 0.25) is 0 Å². The molecule has 2 aromatic rings. The molecule has 2 rings (SSSR count). The van der Waals surface area contributed by atoms with Crippen molar-refractivity contribution in [2.75, 3.05) is 13.6 Å². The molecular formula is C14H16N2O3S2. The molecule has 0 aliphatic rings. The molecule has 0 unspecified atom stereocenters. The summed E-state index contributed by atoms with van der Waals surface area (Å²) >= 11 is 2.98. The van der Waals surface area contributed by atoms with Gasteiger partial charge in [0, 0.05) is 31.0 Å². The van der Waals surface area contributed by atoms with Crippen LogP contribution in [-0.4, -0.2) is 40.5 Å². The molecule has 0 fully saturated rings. The lowest BCUT2D eigenvalue weighted by atomic mass is 10.3. The first-order valence-electron chi connectivity index (χ1n) is 6.46. The average molecular weight is 324 g/mol. The van der Waals surface area contributed by atoms with Crippen molar-refractivity contribution in [3.63, 3.8) is 0 Å². The third-order valence-electron chi connectivity index (χ3n) is 2.99. The number of carbonyl (C=O) groups excluding carboxylic acids is 1. The molecule has 0 aliphatic carbocycles. The predicted molar refractivity (Wildman–Crippen MR) is 84.0 cm³/mol. The van der Waals surface area contributed by atoms with E-state index in [4.69, 9.17) is 5.11 Å². The predicted octanol–water partition coefficient (Wildman–Crippen LogP) is 3.12. The number of carboxylic acids is 1. The topological polar surface area (TPSA) is 70.5 Å². The van der Waals surface area contributed by atoms with E-state index in [1.54, 1.807) is 23.3 Å². The smallest absolute Gasteiger partial charge is 0.303 e. The first kappa shape index (κ1) is 15.7. The van der Waals surface area contributed by atoms with E-state index in [2.05, 4.69) is 4.98 Å². The second-order valence-corrected chi connectivity index (χ2v) is 6.45. The highest BCUT2D eigenvalue weighted by atomic mass is 32.1.